The molecule has 2 heterocycles. The van der Waals surface area contributed by atoms with Crippen molar-refractivity contribution in [2.75, 3.05) is 25.0 Å². The normalized spacial score (nSPS) is 21.1. The Morgan fingerprint density at radius 2 is 2.04 bits per heavy atom. The lowest BCUT2D eigenvalue weighted by Crippen LogP contribution is -2.23. The van der Waals surface area contributed by atoms with Crippen LogP contribution in [-0.2, 0) is 13.5 Å². The Balaban J connectivity index is 1.57. The minimum atomic E-state index is -0.123. The number of rotatable bonds is 5. The van der Waals surface area contributed by atoms with Gasteiger partial charge < -0.3 is 10.2 Å². The molecule has 0 saturated carbocycles. The molecule has 0 bridgehead atoms. The van der Waals surface area contributed by atoms with Crippen LogP contribution in [0.5, 0.6) is 0 Å². The predicted octanol–water partition coefficient (Wildman–Crippen LogP) is 2.80. The molecule has 0 spiro atoms. The molecule has 1 fully saturated rings. The SMILES string of the molecule is C[C@@H]1CN(CCc2cccc(NC(=O)c3cnn(C)c3)c2)C[C@@H]1C. The summed E-state index contributed by atoms with van der Waals surface area (Å²) in [5.41, 5.74) is 2.67. The van der Waals surface area contributed by atoms with Crippen LogP contribution in [0.4, 0.5) is 5.69 Å². The van der Waals surface area contributed by atoms with Crippen molar-refractivity contribution in [2.24, 2.45) is 18.9 Å². The average Bonchev–Trinajstić information content (AvgIpc) is 3.12. The van der Waals surface area contributed by atoms with E-state index in [-0.39, 0.29) is 5.91 Å². The first kappa shape index (κ1) is 16.7. The molecule has 1 aromatic heterocycles. The largest absolute Gasteiger partial charge is 0.322 e. The van der Waals surface area contributed by atoms with E-state index in [1.807, 2.05) is 12.1 Å². The Labute approximate surface area is 143 Å². The summed E-state index contributed by atoms with van der Waals surface area (Å²) in [6.07, 6.45) is 4.31. The van der Waals surface area contributed by atoms with Crippen molar-refractivity contribution in [1.82, 2.24) is 14.7 Å². The van der Waals surface area contributed by atoms with Crippen molar-refractivity contribution in [3.05, 3.63) is 47.8 Å². The number of carbonyl (C=O) groups is 1. The Kier molecular flexibility index (Phi) is 5.00. The van der Waals surface area contributed by atoms with Crippen LogP contribution in [0.1, 0.15) is 29.8 Å². The first-order chi connectivity index (χ1) is 11.5. The summed E-state index contributed by atoms with van der Waals surface area (Å²) < 4.78 is 1.63. The summed E-state index contributed by atoms with van der Waals surface area (Å²) in [6, 6.07) is 8.13. The van der Waals surface area contributed by atoms with Crippen LogP contribution in [0.2, 0.25) is 0 Å². The second-order valence-corrected chi connectivity index (χ2v) is 7.02. The van der Waals surface area contributed by atoms with Gasteiger partial charge in [0.05, 0.1) is 11.8 Å². The zero-order chi connectivity index (χ0) is 17.1. The molecule has 0 radical (unpaired) electrons. The Hall–Kier alpha value is -2.14. The molecule has 2 aromatic rings. The highest BCUT2D eigenvalue weighted by atomic mass is 16.1. The van der Waals surface area contributed by atoms with Gasteiger partial charge in [-0.05, 0) is 36.0 Å². The summed E-state index contributed by atoms with van der Waals surface area (Å²) >= 11 is 0. The number of hydrogen-bond donors (Lipinski definition) is 1. The topological polar surface area (TPSA) is 50.2 Å². The fourth-order valence-electron chi connectivity index (χ4n) is 3.27. The monoisotopic (exact) mass is 326 g/mol. The van der Waals surface area contributed by atoms with E-state index in [2.05, 4.69) is 41.3 Å². The van der Waals surface area contributed by atoms with E-state index in [0.717, 1.165) is 30.5 Å². The predicted molar refractivity (Wildman–Crippen MR) is 96.1 cm³/mol. The Morgan fingerprint density at radius 1 is 1.29 bits per heavy atom. The Morgan fingerprint density at radius 3 is 2.71 bits per heavy atom. The maximum Gasteiger partial charge on any atom is 0.258 e. The smallest absolute Gasteiger partial charge is 0.258 e. The third-order valence-electron chi connectivity index (χ3n) is 4.93. The van der Waals surface area contributed by atoms with Gasteiger partial charge in [0.1, 0.15) is 0 Å². The van der Waals surface area contributed by atoms with Crippen LogP contribution in [0, 0.1) is 11.8 Å². The van der Waals surface area contributed by atoms with Gasteiger partial charge in [0.25, 0.3) is 5.91 Å². The molecule has 1 N–H and O–H groups in total. The first-order valence-corrected chi connectivity index (χ1v) is 8.62. The molecule has 24 heavy (non-hydrogen) atoms. The number of nitrogens with zero attached hydrogens (tertiary/aromatic N) is 3. The van der Waals surface area contributed by atoms with E-state index in [1.165, 1.54) is 18.7 Å². The van der Waals surface area contributed by atoms with Gasteiger partial charge in [0.15, 0.2) is 0 Å². The summed E-state index contributed by atoms with van der Waals surface area (Å²) in [4.78, 5) is 14.7. The molecule has 0 aliphatic carbocycles. The average molecular weight is 326 g/mol. The fraction of sp³-hybridized carbons (Fsp3) is 0.474. The maximum absolute atomic E-state index is 12.2. The molecule has 0 unspecified atom stereocenters. The molecular formula is C19H26N4O. The summed E-state index contributed by atoms with van der Waals surface area (Å²) in [5, 5.41) is 6.98. The lowest BCUT2D eigenvalue weighted by atomic mass is 10.0. The molecule has 5 heteroatoms. The summed E-state index contributed by atoms with van der Waals surface area (Å²) in [6.45, 7) is 8.13. The van der Waals surface area contributed by atoms with E-state index in [4.69, 9.17) is 0 Å². The molecule has 5 nitrogen and oxygen atoms in total. The molecule has 1 aliphatic heterocycles. The number of aryl methyl sites for hydroxylation is 1. The van der Waals surface area contributed by atoms with Crippen molar-refractivity contribution in [3.63, 3.8) is 0 Å². The van der Waals surface area contributed by atoms with E-state index in [1.54, 1.807) is 24.1 Å². The van der Waals surface area contributed by atoms with Crippen molar-refractivity contribution in [3.8, 4) is 0 Å². The highest BCUT2D eigenvalue weighted by Gasteiger charge is 2.25. The van der Waals surface area contributed by atoms with Crippen LogP contribution < -0.4 is 5.32 Å². The number of aromatic nitrogens is 2. The van der Waals surface area contributed by atoms with Crippen LogP contribution in [0.15, 0.2) is 36.7 Å². The molecule has 3 rings (SSSR count). The second-order valence-electron chi connectivity index (χ2n) is 7.02. The van der Waals surface area contributed by atoms with Crippen molar-refractivity contribution in [2.45, 2.75) is 20.3 Å². The minimum Gasteiger partial charge on any atom is -0.322 e. The van der Waals surface area contributed by atoms with Crippen molar-refractivity contribution in [1.29, 1.82) is 0 Å². The number of hydrogen-bond acceptors (Lipinski definition) is 3. The standard InChI is InChI=1S/C19H26N4O/c1-14-11-23(12-15(14)2)8-7-16-5-4-6-18(9-16)21-19(24)17-10-20-22(3)13-17/h4-6,9-10,13-15H,7-8,11-12H2,1-3H3,(H,21,24)/t14-,15+. The quantitative estimate of drug-likeness (QED) is 0.919. The first-order valence-electron chi connectivity index (χ1n) is 8.62. The molecule has 1 aromatic carbocycles. The van der Waals surface area contributed by atoms with Crippen LogP contribution in [0.25, 0.3) is 0 Å². The second kappa shape index (κ2) is 7.18. The van der Waals surface area contributed by atoms with Crippen molar-refractivity contribution < 1.29 is 4.79 Å². The van der Waals surface area contributed by atoms with Gasteiger partial charge in [-0.15, -0.1) is 0 Å². The lowest BCUT2D eigenvalue weighted by Gasteiger charge is -2.15. The van der Waals surface area contributed by atoms with Crippen molar-refractivity contribution >= 4 is 11.6 Å². The van der Waals surface area contributed by atoms with Gasteiger partial charge in [-0.3, -0.25) is 9.48 Å². The number of carbonyl (C=O) groups excluding carboxylic acids is 1. The summed E-state index contributed by atoms with van der Waals surface area (Å²) in [5.74, 6) is 1.45. The Bertz CT molecular complexity index is 699. The van der Waals surface area contributed by atoms with Crippen LogP contribution in [0.3, 0.4) is 0 Å². The fourth-order valence-corrected chi connectivity index (χ4v) is 3.27. The number of benzene rings is 1. The minimum absolute atomic E-state index is 0.123. The van der Waals surface area contributed by atoms with E-state index in [9.17, 15) is 4.79 Å². The number of likely N-dealkylation sites (tertiary alicyclic amines) is 1. The maximum atomic E-state index is 12.2. The highest BCUT2D eigenvalue weighted by Crippen LogP contribution is 2.22. The van der Waals surface area contributed by atoms with E-state index in [0.29, 0.717) is 5.56 Å². The number of nitrogens with one attached hydrogen (secondary N) is 1. The van der Waals surface area contributed by atoms with Gasteiger partial charge in [-0.2, -0.15) is 5.10 Å². The van der Waals surface area contributed by atoms with E-state index < -0.39 is 0 Å². The van der Waals surface area contributed by atoms with Gasteiger partial charge in [0.2, 0.25) is 0 Å². The molecule has 1 amide bonds. The molecule has 1 saturated heterocycles. The number of amides is 1. The molecule has 128 valence electrons. The van der Waals surface area contributed by atoms with Gasteiger partial charge >= 0.3 is 0 Å². The van der Waals surface area contributed by atoms with Crippen LogP contribution >= 0.6 is 0 Å². The lowest BCUT2D eigenvalue weighted by molar-refractivity contribution is 0.102. The molecular weight excluding hydrogens is 300 g/mol. The zero-order valence-electron chi connectivity index (χ0n) is 14.7. The van der Waals surface area contributed by atoms with Gasteiger partial charge in [0, 0.05) is 38.6 Å². The third kappa shape index (κ3) is 4.03. The van der Waals surface area contributed by atoms with Gasteiger partial charge in [-0.1, -0.05) is 26.0 Å². The van der Waals surface area contributed by atoms with E-state index >= 15 is 0 Å². The summed E-state index contributed by atoms with van der Waals surface area (Å²) in [7, 11) is 1.80. The molecule has 2 atom stereocenters. The highest BCUT2D eigenvalue weighted by molar-refractivity contribution is 6.03. The van der Waals surface area contributed by atoms with Gasteiger partial charge in [-0.25, -0.2) is 0 Å². The zero-order valence-corrected chi connectivity index (χ0v) is 14.7. The molecule has 1 aliphatic rings. The number of anilines is 1. The third-order valence-corrected chi connectivity index (χ3v) is 4.93. The van der Waals surface area contributed by atoms with Crippen LogP contribution in [-0.4, -0.2) is 40.2 Å².